The van der Waals surface area contributed by atoms with Crippen molar-refractivity contribution < 1.29 is 14.4 Å². The number of hydrogen-bond acceptors (Lipinski definition) is 5. The highest BCUT2D eigenvalue weighted by Gasteiger charge is 2.36. The van der Waals surface area contributed by atoms with Crippen molar-refractivity contribution in [2.75, 3.05) is 31.6 Å². The summed E-state index contributed by atoms with van der Waals surface area (Å²) >= 11 is 0. The number of pyridine rings is 1. The molecule has 1 aromatic heterocycles. The zero-order valence-electron chi connectivity index (χ0n) is 14.1. The summed E-state index contributed by atoms with van der Waals surface area (Å²) in [6.07, 6.45) is 3.34. The van der Waals surface area contributed by atoms with Crippen molar-refractivity contribution in [2.45, 2.75) is 25.3 Å². The van der Waals surface area contributed by atoms with Gasteiger partial charge in [-0.15, -0.1) is 0 Å². The molecular weight excluding hydrogens is 322 g/mol. The van der Waals surface area contributed by atoms with Crippen molar-refractivity contribution in [1.29, 1.82) is 0 Å². The maximum absolute atomic E-state index is 12.5. The lowest BCUT2D eigenvalue weighted by atomic mass is 10.1. The molecule has 1 N–H and O–H groups in total. The Morgan fingerprint density at radius 3 is 3.00 bits per heavy atom. The average molecular weight is 343 g/mol. The van der Waals surface area contributed by atoms with Crippen molar-refractivity contribution in [3.05, 3.63) is 23.9 Å². The molecule has 1 unspecified atom stereocenters. The summed E-state index contributed by atoms with van der Waals surface area (Å²) in [4.78, 5) is 46.7. The van der Waals surface area contributed by atoms with Crippen LogP contribution in [0.25, 0.3) is 0 Å². The monoisotopic (exact) mass is 343 g/mol. The van der Waals surface area contributed by atoms with E-state index in [1.807, 2.05) is 11.0 Å². The van der Waals surface area contributed by atoms with Crippen molar-refractivity contribution in [2.24, 2.45) is 4.99 Å². The van der Waals surface area contributed by atoms with Crippen LogP contribution in [0.3, 0.4) is 0 Å². The Hall–Kier alpha value is -2.77. The second-order valence-corrected chi connectivity index (χ2v) is 6.14. The van der Waals surface area contributed by atoms with Crippen LogP contribution in [0.5, 0.6) is 0 Å². The van der Waals surface area contributed by atoms with Gasteiger partial charge in [-0.25, -0.2) is 9.98 Å². The highest BCUT2D eigenvalue weighted by atomic mass is 16.2. The number of nitrogens with zero attached hydrogens (tertiary/aromatic N) is 4. The van der Waals surface area contributed by atoms with Gasteiger partial charge in [0.2, 0.25) is 12.3 Å². The summed E-state index contributed by atoms with van der Waals surface area (Å²) in [5.74, 6) is 0.577. The maximum atomic E-state index is 12.5. The number of hydrogen-bond donors (Lipinski definition) is 1. The number of fused-ring (bicyclic) bond motifs is 3. The topological polar surface area (TPSA) is 95.0 Å². The number of anilines is 1. The Morgan fingerprint density at radius 2 is 2.24 bits per heavy atom. The van der Waals surface area contributed by atoms with E-state index in [0.29, 0.717) is 19.5 Å². The van der Waals surface area contributed by atoms with E-state index in [9.17, 15) is 14.4 Å². The van der Waals surface area contributed by atoms with Crippen molar-refractivity contribution >= 4 is 29.8 Å². The van der Waals surface area contributed by atoms with Gasteiger partial charge in [-0.1, -0.05) is 6.07 Å². The molecule has 1 saturated heterocycles. The third-order valence-electron chi connectivity index (χ3n) is 4.70. The molecule has 8 nitrogen and oxygen atoms in total. The first-order valence-corrected chi connectivity index (χ1v) is 8.34. The first-order valence-electron chi connectivity index (χ1n) is 8.34. The van der Waals surface area contributed by atoms with Crippen LogP contribution < -0.4 is 10.2 Å². The molecular formula is C17H21N5O3. The molecule has 8 heteroatoms. The second kappa shape index (κ2) is 7.42. The summed E-state index contributed by atoms with van der Waals surface area (Å²) in [6, 6.07) is 4.27. The van der Waals surface area contributed by atoms with E-state index in [-0.39, 0.29) is 30.5 Å². The van der Waals surface area contributed by atoms with Crippen molar-refractivity contribution in [3.63, 3.8) is 0 Å². The maximum Gasteiger partial charge on any atom is 0.265 e. The molecule has 1 aromatic rings. The summed E-state index contributed by atoms with van der Waals surface area (Å²) in [7, 11) is 1.47. The van der Waals surface area contributed by atoms with Gasteiger partial charge in [-0.2, -0.15) is 0 Å². The van der Waals surface area contributed by atoms with Gasteiger partial charge in [0.1, 0.15) is 11.5 Å². The molecule has 1 atom stereocenters. The number of piperazine rings is 1. The molecule has 0 radical (unpaired) electrons. The molecule has 3 amide bonds. The largest absolute Gasteiger partial charge is 0.354 e. The zero-order valence-corrected chi connectivity index (χ0v) is 14.1. The van der Waals surface area contributed by atoms with Crippen molar-refractivity contribution in [3.8, 4) is 0 Å². The van der Waals surface area contributed by atoms with Gasteiger partial charge in [0.25, 0.3) is 5.91 Å². The highest BCUT2D eigenvalue weighted by Crippen LogP contribution is 2.31. The lowest BCUT2D eigenvalue weighted by molar-refractivity contribution is -0.131. The van der Waals surface area contributed by atoms with Gasteiger partial charge in [0.15, 0.2) is 0 Å². The van der Waals surface area contributed by atoms with Crippen LogP contribution in [0, 0.1) is 0 Å². The minimum absolute atomic E-state index is 0.0222. The van der Waals surface area contributed by atoms with Gasteiger partial charge in [0, 0.05) is 45.7 Å². The van der Waals surface area contributed by atoms with E-state index in [2.05, 4.69) is 26.3 Å². The number of amides is 3. The fraction of sp³-hybridized carbons (Fsp3) is 0.471. The van der Waals surface area contributed by atoms with Gasteiger partial charge >= 0.3 is 0 Å². The van der Waals surface area contributed by atoms with Gasteiger partial charge in [-0.3, -0.25) is 14.4 Å². The highest BCUT2D eigenvalue weighted by molar-refractivity contribution is 6.40. The third-order valence-corrected chi connectivity index (χ3v) is 4.70. The predicted octanol–water partition coefficient (Wildman–Crippen LogP) is -0.221. The zero-order chi connectivity index (χ0) is 17.8. The number of aromatic nitrogens is 1. The van der Waals surface area contributed by atoms with Crippen LogP contribution in [0.15, 0.2) is 23.3 Å². The lowest BCUT2D eigenvalue weighted by Gasteiger charge is -2.38. The number of rotatable bonds is 5. The summed E-state index contributed by atoms with van der Waals surface area (Å²) in [5, 5.41) is 2.43. The molecule has 0 bridgehead atoms. The minimum atomic E-state index is -0.429. The molecule has 2 aliphatic rings. The molecule has 0 saturated carbocycles. The molecule has 3 rings (SSSR count). The SMILES string of the molecule is CNC(=O)C(CCC(=O)N1CCN2c3ncccc3CC2C1)=NC=O. The van der Waals surface area contributed by atoms with E-state index in [4.69, 9.17) is 0 Å². The Bertz CT molecular complexity index is 718. The van der Waals surface area contributed by atoms with Gasteiger partial charge < -0.3 is 15.1 Å². The number of nitrogens with one attached hydrogen (secondary N) is 1. The van der Waals surface area contributed by atoms with E-state index in [1.54, 1.807) is 6.20 Å². The molecule has 132 valence electrons. The molecule has 0 spiro atoms. The fourth-order valence-electron chi connectivity index (χ4n) is 3.47. The first kappa shape index (κ1) is 17.1. The quantitative estimate of drug-likeness (QED) is 0.589. The Kier molecular flexibility index (Phi) is 5.06. The Morgan fingerprint density at radius 1 is 1.40 bits per heavy atom. The number of carbonyl (C=O) groups excluding carboxylic acids is 3. The standard InChI is InChI=1S/C17H21N5O3/c1-18-17(25)14(20-11-23)4-5-15(24)21-7-8-22-13(10-21)9-12-3-2-6-19-16(12)22/h2-3,6,11,13H,4-5,7-10H2,1H3,(H,18,25). The molecule has 25 heavy (non-hydrogen) atoms. The molecule has 0 aliphatic carbocycles. The summed E-state index contributed by atoms with van der Waals surface area (Å²) in [6.45, 7) is 2.03. The van der Waals surface area contributed by atoms with Crippen molar-refractivity contribution in [1.82, 2.24) is 15.2 Å². The molecule has 2 aliphatic heterocycles. The number of aliphatic imine (C=N–C) groups is 1. The van der Waals surface area contributed by atoms with Gasteiger partial charge in [0.05, 0.1) is 6.04 Å². The summed E-state index contributed by atoms with van der Waals surface area (Å²) < 4.78 is 0. The van der Waals surface area contributed by atoms with Crippen LogP contribution in [0.4, 0.5) is 5.82 Å². The molecule has 3 heterocycles. The smallest absolute Gasteiger partial charge is 0.265 e. The minimum Gasteiger partial charge on any atom is -0.354 e. The Balaban J connectivity index is 1.58. The van der Waals surface area contributed by atoms with E-state index in [0.717, 1.165) is 18.8 Å². The predicted molar refractivity (Wildman–Crippen MR) is 92.5 cm³/mol. The summed E-state index contributed by atoms with van der Waals surface area (Å²) in [5.41, 5.74) is 1.31. The van der Waals surface area contributed by atoms with Crippen LogP contribution in [-0.4, -0.2) is 66.5 Å². The Labute approximate surface area is 145 Å². The number of carbonyl (C=O) groups is 3. The first-order chi connectivity index (χ1) is 12.1. The fourth-order valence-corrected chi connectivity index (χ4v) is 3.47. The van der Waals surface area contributed by atoms with E-state index >= 15 is 0 Å². The van der Waals surface area contributed by atoms with Crippen LogP contribution >= 0.6 is 0 Å². The van der Waals surface area contributed by atoms with E-state index < -0.39 is 5.91 Å². The van der Waals surface area contributed by atoms with Gasteiger partial charge in [-0.05, 0) is 18.1 Å². The molecule has 0 aromatic carbocycles. The second-order valence-electron chi connectivity index (χ2n) is 6.14. The van der Waals surface area contributed by atoms with Crippen LogP contribution in [-0.2, 0) is 20.8 Å². The van der Waals surface area contributed by atoms with E-state index in [1.165, 1.54) is 12.6 Å². The normalized spacial score (nSPS) is 19.2. The van der Waals surface area contributed by atoms with Crippen LogP contribution in [0.2, 0.25) is 0 Å². The average Bonchev–Trinajstić information content (AvgIpc) is 3.01. The lowest BCUT2D eigenvalue weighted by Crippen LogP contribution is -2.53. The molecule has 1 fully saturated rings. The third kappa shape index (κ3) is 3.52. The van der Waals surface area contributed by atoms with Crippen LogP contribution in [0.1, 0.15) is 18.4 Å².